The van der Waals surface area contributed by atoms with E-state index in [2.05, 4.69) is 15.6 Å². The molecular formula is C13H20N4. The predicted octanol–water partition coefficient (Wildman–Crippen LogP) is 1.70. The smallest absolute Gasteiger partial charge is 0.106 e. The van der Waals surface area contributed by atoms with Gasteiger partial charge in [0.1, 0.15) is 11.4 Å². The number of imidazole rings is 1. The maximum absolute atomic E-state index is 8.93. The fraction of sp³-hybridized carbons (Fsp3) is 0.692. The first-order valence-electron chi connectivity index (χ1n) is 6.28. The molecule has 0 aromatic carbocycles. The third-order valence-electron chi connectivity index (χ3n) is 3.53. The average Bonchev–Trinajstić information content (AvgIpc) is 2.62. The molecule has 0 saturated carbocycles. The molecule has 0 radical (unpaired) electrons. The van der Waals surface area contributed by atoms with Crippen molar-refractivity contribution in [3.63, 3.8) is 0 Å². The summed E-state index contributed by atoms with van der Waals surface area (Å²) in [5.74, 6) is 1.06. The van der Waals surface area contributed by atoms with Crippen molar-refractivity contribution in [2.75, 3.05) is 0 Å². The number of aryl methyl sites for hydroxylation is 2. The summed E-state index contributed by atoms with van der Waals surface area (Å²) in [7, 11) is 0. The maximum atomic E-state index is 8.93. The fourth-order valence-corrected chi connectivity index (χ4v) is 2.43. The second kappa shape index (κ2) is 4.50. The van der Waals surface area contributed by atoms with E-state index in [-0.39, 0.29) is 0 Å². The first kappa shape index (κ1) is 12.1. The number of aromatic nitrogens is 2. The van der Waals surface area contributed by atoms with Crippen molar-refractivity contribution in [2.45, 2.75) is 58.0 Å². The highest BCUT2D eigenvalue weighted by Crippen LogP contribution is 2.23. The zero-order valence-electron chi connectivity index (χ0n) is 10.7. The molecule has 0 aliphatic heterocycles. The van der Waals surface area contributed by atoms with Crippen LogP contribution in [-0.2, 0) is 19.4 Å². The lowest BCUT2D eigenvalue weighted by atomic mass is 9.99. The van der Waals surface area contributed by atoms with Crippen LogP contribution in [0.5, 0.6) is 0 Å². The van der Waals surface area contributed by atoms with Gasteiger partial charge in [0.25, 0.3) is 0 Å². The van der Waals surface area contributed by atoms with Crippen LogP contribution in [0.4, 0.5) is 0 Å². The van der Waals surface area contributed by atoms with Gasteiger partial charge >= 0.3 is 0 Å². The Morgan fingerprint density at radius 1 is 1.47 bits per heavy atom. The maximum Gasteiger partial charge on any atom is 0.106 e. The van der Waals surface area contributed by atoms with E-state index >= 15 is 0 Å². The highest BCUT2D eigenvalue weighted by molar-refractivity contribution is 5.20. The Hall–Kier alpha value is -1.34. The minimum atomic E-state index is -0.738. The molecule has 1 atom stereocenters. The van der Waals surface area contributed by atoms with E-state index < -0.39 is 5.54 Å². The summed E-state index contributed by atoms with van der Waals surface area (Å²) >= 11 is 0. The van der Waals surface area contributed by atoms with E-state index in [1.54, 1.807) is 6.92 Å². The minimum Gasteiger partial charge on any atom is -0.332 e. The van der Waals surface area contributed by atoms with E-state index in [0.717, 1.165) is 25.2 Å². The zero-order valence-corrected chi connectivity index (χ0v) is 10.7. The average molecular weight is 232 g/mol. The van der Waals surface area contributed by atoms with Gasteiger partial charge in [-0.2, -0.15) is 5.26 Å². The monoisotopic (exact) mass is 232 g/mol. The lowest BCUT2D eigenvalue weighted by molar-refractivity contribution is 0.473. The molecule has 1 aliphatic rings. The number of rotatable bonds is 3. The normalized spacial score (nSPS) is 18.2. The van der Waals surface area contributed by atoms with Crippen LogP contribution < -0.4 is 5.73 Å². The molecule has 1 aromatic heterocycles. The number of hydrogen-bond donors (Lipinski definition) is 1. The number of fused-ring (bicyclic) bond motifs is 1. The van der Waals surface area contributed by atoms with Gasteiger partial charge in [0.05, 0.1) is 11.8 Å². The standard InChI is InChI=1S/C13H20N4/c1-10-16-11-5-3-4-6-12(11)17(10)8-7-13(2,15)9-14/h3-8,15H2,1-2H3. The summed E-state index contributed by atoms with van der Waals surface area (Å²) in [5.41, 5.74) is 7.74. The third-order valence-corrected chi connectivity index (χ3v) is 3.53. The van der Waals surface area contributed by atoms with Crippen molar-refractivity contribution >= 4 is 0 Å². The molecule has 0 saturated heterocycles. The van der Waals surface area contributed by atoms with E-state index in [1.807, 2.05) is 6.92 Å². The summed E-state index contributed by atoms with van der Waals surface area (Å²) in [6.07, 6.45) is 5.38. The van der Waals surface area contributed by atoms with Gasteiger partial charge in [-0.05, 0) is 46.0 Å². The molecule has 4 heteroatoms. The van der Waals surface area contributed by atoms with Gasteiger partial charge in [-0.25, -0.2) is 4.98 Å². The second-order valence-corrected chi connectivity index (χ2v) is 5.19. The summed E-state index contributed by atoms with van der Waals surface area (Å²) in [4.78, 5) is 4.62. The molecule has 2 rings (SSSR count). The van der Waals surface area contributed by atoms with E-state index in [0.29, 0.717) is 6.42 Å². The van der Waals surface area contributed by atoms with Crippen molar-refractivity contribution in [2.24, 2.45) is 5.73 Å². The van der Waals surface area contributed by atoms with Crippen LogP contribution in [0.25, 0.3) is 0 Å². The zero-order chi connectivity index (χ0) is 12.5. The van der Waals surface area contributed by atoms with Crippen LogP contribution in [0.2, 0.25) is 0 Å². The van der Waals surface area contributed by atoms with Gasteiger partial charge in [0, 0.05) is 12.2 Å². The summed E-state index contributed by atoms with van der Waals surface area (Å²) in [6.45, 7) is 4.62. The molecule has 0 bridgehead atoms. The van der Waals surface area contributed by atoms with Crippen LogP contribution in [0.15, 0.2) is 0 Å². The van der Waals surface area contributed by atoms with E-state index in [4.69, 9.17) is 11.0 Å². The highest BCUT2D eigenvalue weighted by atomic mass is 15.1. The van der Waals surface area contributed by atoms with Crippen LogP contribution in [-0.4, -0.2) is 15.1 Å². The molecule has 2 N–H and O–H groups in total. The molecule has 1 heterocycles. The fourth-order valence-electron chi connectivity index (χ4n) is 2.43. The van der Waals surface area contributed by atoms with E-state index in [9.17, 15) is 0 Å². The Bertz CT molecular complexity index is 451. The van der Waals surface area contributed by atoms with Gasteiger partial charge in [-0.15, -0.1) is 0 Å². The molecule has 92 valence electrons. The van der Waals surface area contributed by atoms with Gasteiger partial charge in [-0.3, -0.25) is 0 Å². The van der Waals surface area contributed by atoms with Gasteiger partial charge < -0.3 is 10.3 Å². The Labute approximate surface area is 102 Å². The van der Waals surface area contributed by atoms with Gasteiger partial charge in [-0.1, -0.05) is 0 Å². The lowest BCUT2D eigenvalue weighted by Gasteiger charge is -2.19. The molecule has 1 aliphatic carbocycles. The topological polar surface area (TPSA) is 67.6 Å². The number of hydrogen-bond acceptors (Lipinski definition) is 3. The Balaban J connectivity index is 2.16. The van der Waals surface area contributed by atoms with Crippen LogP contribution in [0, 0.1) is 18.3 Å². The minimum absolute atomic E-state index is 0.674. The lowest BCUT2D eigenvalue weighted by Crippen LogP contribution is -2.35. The SMILES string of the molecule is Cc1nc2c(n1CCC(C)(N)C#N)CCCC2. The largest absolute Gasteiger partial charge is 0.332 e. The Morgan fingerprint density at radius 2 is 2.18 bits per heavy atom. The molecule has 17 heavy (non-hydrogen) atoms. The molecule has 1 aromatic rings. The van der Waals surface area contributed by atoms with Crippen LogP contribution in [0.3, 0.4) is 0 Å². The third kappa shape index (κ3) is 2.50. The van der Waals surface area contributed by atoms with Crippen LogP contribution in [0.1, 0.15) is 43.4 Å². The highest BCUT2D eigenvalue weighted by Gasteiger charge is 2.21. The predicted molar refractivity (Wildman–Crippen MR) is 66.4 cm³/mol. The Kier molecular flexibility index (Phi) is 3.21. The Morgan fingerprint density at radius 3 is 2.88 bits per heavy atom. The van der Waals surface area contributed by atoms with Crippen molar-refractivity contribution < 1.29 is 0 Å². The number of nitrogens with two attached hydrogens (primary N) is 1. The summed E-state index contributed by atoms with van der Waals surface area (Å²) in [5, 5.41) is 8.93. The molecule has 4 nitrogen and oxygen atoms in total. The van der Waals surface area contributed by atoms with Crippen molar-refractivity contribution in [3.8, 4) is 6.07 Å². The summed E-state index contributed by atoms with van der Waals surface area (Å²) in [6, 6.07) is 2.15. The molecule has 0 spiro atoms. The van der Waals surface area contributed by atoms with Crippen LogP contribution >= 0.6 is 0 Å². The second-order valence-electron chi connectivity index (χ2n) is 5.19. The first-order chi connectivity index (χ1) is 8.03. The number of nitrogens with zero attached hydrogens (tertiary/aromatic N) is 3. The van der Waals surface area contributed by atoms with Gasteiger partial charge in [0.2, 0.25) is 0 Å². The van der Waals surface area contributed by atoms with Crippen molar-refractivity contribution in [1.82, 2.24) is 9.55 Å². The van der Waals surface area contributed by atoms with Crippen molar-refractivity contribution in [1.29, 1.82) is 5.26 Å². The molecule has 0 fully saturated rings. The van der Waals surface area contributed by atoms with E-state index in [1.165, 1.54) is 24.2 Å². The molecular weight excluding hydrogens is 212 g/mol. The van der Waals surface area contributed by atoms with Crippen molar-refractivity contribution in [3.05, 3.63) is 17.2 Å². The number of nitriles is 1. The summed E-state index contributed by atoms with van der Waals surface area (Å²) < 4.78 is 2.25. The first-order valence-corrected chi connectivity index (χ1v) is 6.28. The quantitative estimate of drug-likeness (QED) is 0.862. The van der Waals surface area contributed by atoms with Gasteiger partial charge in [0.15, 0.2) is 0 Å². The molecule has 1 unspecified atom stereocenters. The molecule has 0 amide bonds.